The molecule has 2 aromatic rings. The molecule has 0 fully saturated rings. The first-order valence-electron chi connectivity index (χ1n) is 6.16. The largest absolute Gasteiger partial charge is 1.00 e. The third-order valence-corrected chi connectivity index (χ3v) is 3.48. The van der Waals surface area contributed by atoms with Crippen LogP contribution in [0, 0.1) is 10.1 Å². The Morgan fingerprint density at radius 1 is 1.10 bits per heavy atom. The van der Waals surface area contributed by atoms with Gasteiger partial charge >= 0.3 is 83.9 Å². The van der Waals surface area contributed by atoms with Crippen molar-refractivity contribution in [1.29, 1.82) is 0 Å². The van der Waals surface area contributed by atoms with Crippen LogP contribution in [0.1, 0.15) is 39.8 Å². The van der Waals surface area contributed by atoms with Crippen molar-refractivity contribution in [1.82, 2.24) is 14.1 Å². The number of halogens is 3. The summed E-state index contributed by atoms with van der Waals surface area (Å²) in [6.07, 6.45) is 8.41. The number of hydrogen-bond acceptors (Lipinski definition) is 1. The van der Waals surface area contributed by atoms with E-state index in [2.05, 4.69) is 79.1 Å². The van der Waals surface area contributed by atoms with Crippen LogP contribution in [0.2, 0.25) is 5.02 Å². The molecule has 0 atom stereocenters. The van der Waals surface area contributed by atoms with E-state index < -0.39 is 0 Å². The van der Waals surface area contributed by atoms with Gasteiger partial charge < -0.3 is 29.8 Å². The number of hydrogen-bond donors (Lipinski definition) is 0. The van der Waals surface area contributed by atoms with E-state index in [1.165, 1.54) is 3.89 Å². The first-order valence-corrected chi connectivity index (χ1v) is 7.31. The molecule has 2 rings (SSSR count). The quantitative estimate of drug-likeness (QED) is 0.393. The predicted molar refractivity (Wildman–Crippen MR) is 74.5 cm³/mol. The van der Waals surface area contributed by atoms with Gasteiger partial charge in [0.25, 0.3) is 0 Å². The SMILES string of the molecule is CC(C)n1ccn(C(C)C)[c]1=[Pd].Clc1[c-]nccc1.[Cl-].[Cl-]. The van der Waals surface area contributed by atoms with Crippen molar-refractivity contribution in [2.45, 2.75) is 39.8 Å². The van der Waals surface area contributed by atoms with Crippen LogP contribution in [0.15, 0.2) is 30.7 Å². The van der Waals surface area contributed by atoms with Gasteiger partial charge in [0.2, 0.25) is 0 Å². The molecule has 0 amide bonds. The molecule has 0 aromatic carbocycles. The number of imidazole rings is 1. The van der Waals surface area contributed by atoms with Crippen molar-refractivity contribution >= 4 is 11.6 Å². The summed E-state index contributed by atoms with van der Waals surface area (Å²) in [6, 6.07) is 4.54. The summed E-state index contributed by atoms with van der Waals surface area (Å²) in [5, 5.41) is 0.558. The van der Waals surface area contributed by atoms with Crippen LogP contribution < -0.4 is 24.8 Å². The van der Waals surface area contributed by atoms with Crippen LogP contribution in [0.3, 0.4) is 0 Å². The standard InChI is InChI=1S/C9H16N2.C5H3ClN.2ClH.Pd/c1-8(2)10-5-6-11(7-10)9(3)4;6-5-2-1-3-7-4-5;;;/h5-6,8-9H,1-4H3;1-3H;2*1H;/q;-1;;;/p-2. The van der Waals surface area contributed by atoms with Crippen LogP contribution in [-0.2, 0) is 18.7 Å². The molecule has 0 aliphatic heterocycles. The first-order chi connectivity index (χ1) is 8.93. The molecule has 0 saturated heterocycles. The normalized spacial score (nSPS) is 9.57. The fourth-order valence-corrected chi connectivity index (χ4v) is 2.59. The van der Waals surface area contributed by atoms with Crippen molar-refractivity contribution in [2.75, 3.05) is 0 Å². The Morgan fingerprint density at radius 3 is 1.76 bits per heavy atom. The molecule has 0 radical (unpaired) electrons. The summed E-state index contributed by atoms with van der Waals surface area (Å²) < 4.78 is 5.63. The molecule has 0 aliphatic carbocycles. The minimum absolute atomic E-state index is 0. The molecule has 7 heteroatoms. The zero-order chi connectivity index (χ0) is 14.4. The van der Waals surface area contributed by atoms with E-state index in [0.717, 1.165) is 0 Å². The molecular weight excluding hydrogens is 423 g/mol. The Bertz CT molecular complexity index is 522. The number of pyridine rings is 1. The summed E-state index contributed by atoms with van der Waals surface area (Å²) in [5.74, 6) is 0. The second-order valence-corrected chi connectivity index (χ2v) is 5.74. The number of nitrogens with zero attached hydrogens (tertiary/aromatic N) is 3. The fourth-order valence-electron chi connectivity index (χ4n) is 1.44. The van der Waals surface area contributed by atoms with Gasteiger partial charge in [-0.15, -0.1) is 17.7 Å². The number of rotatable bonds is 2. The van der Waals surface area contributed by atoms with E-state index in [0.29, 0.717) is 17.1 Å². The van der Waals surface area contributed by atoms with Gasteiger partial charge in [0.1, 0.15) is 0 Å². The third-order valence-electron chi connectivity index (χ3n) is 2.47. The molecule has 0 saturated carbocycles. The molecule has 2 aromatic heterocycles. The van der Waals surface area contributed by atoms with Crippen LogP contribution in [0.25, 0.3) is 0 Å². The van der Waals surface area contributed by atoms with Gasteiger partial charge in [0, 0.05) is 0 Å². The van der Waals surface area contributed by atoms with Gasteiger partial charge in [0.05, 0.1) is 0 Å². The van der Waals surface area contributed by atoms with Crippen molar-refractivity contribution in [3.05, 3.63) is 45.8 Å². The minimum Gasteiger partial charge on any atom is -1.00 e. The second-order valence-electron chi connectivity index (χ2n) is 4.64. The third kappa shape index (κ3) is 7.63. The Labute approximate surface area is 154 Å². The summed E-state index contributed by atoms with van der Waals surface area (Å²) >= 11 is 8.72. The maximum absolute atomic E-state index is 5.42. The zero-order valence-corrected chi connectivity index (χ0v) is 16.2. The molecular formula is C14H19Cl3N3Pd-3. The first kappa shape index (κ1) is 23.2. The average Bonchev–Trinajstić information content (AvgIpc) is 2.73. The maximum Gasteiger partial charge on any atom is -0.0535 e. The smallest absolute Gasteiger partial charge is 0.0535 e. The molecule has 3 nitrogen and oxygen atoms in total. The van der Waals surface area contributed by atoms with E-state index in [4.69, 9.17) is 11.6 Å². The van der Waals surface area contributed by atoms with Crippen LogP contribution in [0.4, 0.5) is 0 Å². The summed E-state index contributed by atoms with van der Waals surface area (Å²) in [4.78, 5) is 3.63. The Morgan fingerprint density at radius 2 is 1.57 bits per heavy atom. The molecule has 0 bridgehead atoms. The molecule has 0 N–H and O–H groups in total. The summed E-state index contributed by atoms with van der Waals surface area (Å²) in [6.45, 7) is 8.73. The van der Waals surface area contributed by atoms with Crippen LogP contribution >= 0.6 is 11.6 Å². The Kier molecular flexibility index (Phi) is 12.6. The van der Waals surface area contributed by atoms with Crippen molar-refractivity contribution in [3.63, 3.8) is 0 Å². The van der Waals surface area contributed by atoms with Crippen LogP contribution in [-0.4, -0.2) is 14.1 Å². The van der Waals surface area contributed by atoms with Crippen LogP contribution in [0.5, 0.6) is 0 Å². The Balaban J connectivity index is 0. The van der Waals surface area contributed by atoms with Gasteiger partial charge in [-0.25, -0.2) is 0 Å². The summed E-state index contributed by atoms with van der Waals surface area (Å²) in [5.41, 5.74) is 0. The summed E-state index contributed by atoms with van der Waals surface area (Å²) in [7, 11) is 0. The van der Waals surface area contributed by atoms with Gasteiger partial charge in [-0.05, 0) is 0 Å². The zero-order valence-electron chi connectivity index (χ0n) is 12.3. The fraction of sp³-hybridized carbons (Fsp3) is 0.429. The second kappa shape index (κ2) is 11.5. The van der Waals surface area contributed by atoms with E-state index in [1.807, 2.05) is 0 Å². The van der Waals surface area contributed by atoms with Crippen molar-refractivity contribution in [2.24, 2.45) is 0 Å². The van der Waals surface area contributed by atoms with Gasteiger partial charge in [0.15, 0.2) is 0 Å². The predicted octanol–water partition coefficient (Wildman–Crippen LogP) is -1.93. The average molecular weight is 442 g/mol. The molecule has 124 valence electrons. The molecule has 2 heterocycles. The van der Waals surface area contributed by atoms with E-state index in [1.54, 1.807) is 18.3 Å². The van der Waals surface area contributed by atoms with Gasteiger partial charge in [-0.1, -0.05) is 17.4 Å². The Hall–Kier alpha value is -0.108. The monoisotopic (exact) mass is 440 g/mol. The van der Waals surface area contributed by atoms with Gasteiger partial charge in [-0.3, -0.25) is 0 Å². The minimum atomic E-state index is 0. The molecule has 0 spiro atoms. The van der Waals surface area contributed by atoms with E-state index in [-0.39, 0.29) is 24.8 Å². The topological polar surface area (TPSA) is 22.8 Å². The molecule has 0 unspecified atom stereocenters. The van der Waals surface area contributed by atoms with Gasteiger partial charge in [-0.2, -0.15) is 6.07 Å². The van der Waals surface area contributed by atoms with E-state index in [9.17, 15) is 0 Å². The molecule has 0 aliphatic rings. The van der Waals surface area contributed by atoms with E-state index >= 15 is 0 Å². The molecule has 21 heavy (non-hydrogen) atoms. The number of aromatic nitrogens is 3. The maximum atomic E-state index is 5.42. The van der Waals surface area contributed by atoms with Crippen molar-refractivity contribution in [3.8, 4) is 0 Å². The van der Waals surface area contributed by atoms with Crippen molar-refractivity contribution < 1.29 is 43.6 Å².